The first-order valence-corrected chi connectivity index (χ1v) is 8.16. The molecule has 0 spiro atoms. The molecule has 2 aromatic carbocycles. The van der Waals surface area contributed by atoms with Gasteiger partial charge in [-0.15, -0.1) is 0 Å². The maximum absolute atomic E-state index is 13.0. The van der Waals surface area contributed by atoms with E-state index >= 15 is 0 Å². The van der Waals surface area contributed by atoms with Gasteiger partial charge >= 0.3 is 0 Å². The SMILES string of the molecule is CC1CCc2ccccc2N1C(=O)c1coc(-c2ccccc2)n1. The van der Waals surface area contributed by atoms with E-state index < -0.39 is 0 Å². The third-order valence-electron chi connectivity index (χ3n) is 4.49. The van der Waals surface area contributed by atoms with Crippen molar-refractivity contribution >= 4 is 11.6 Å². The van der Waals surface area contributed by atoms with Gasteiger partial charge in [-0.2, -0.15) is 0 Å². The van der Waals surface area contributed by atoms with Crippen LogP contribution in [0.25, 0.3) is 11.5 Å². The molecule has 0 N–H and O–H groups in total. The van der Waals surface area contributed by atoms with Crippen molar-refractivity contribution in [1.82, 2.24) is 4.98 Å². The predicted molar refractivity (Wildman–Crippen MR) is 93.0 cm³/mol. The number of oxazole rings is 1. The highest BCUT2D eigenvalue weighted by molar-refractivity contribution is 6.06. The molecule has 120 valence electrons. The van der Waals surface area contributed by atoms with Crippen molar-refractivity contribution in [2.75, 3.05) is 4.90 Å². The van der Waals surface area contributed by atoms with Gasteiger partial charge in [-0.3, -0.25) is 4.79 Å². The van der Waals surface area contributed by atoms with Crippen LogP contribution < -0.4 is 4.90 Å². The van der Waals surface area contributed by atoms with Crippen LogP contribution in [-0.4, -0.2) is 16.9 Å². The Labute approximate surface area is 140 Å². The van der Waals surface area contributed by atoms with E-state index in [0.717, 1.165) is 24.1 Å². The summed E-state index contributed by atoms with van der Waals surface area (Å²) in [5.41, 5.74) is 3.39. The first kappa shape index (κ1) is 14.7. The monoisotopic (exact) mass is 318 g/mol. The highest BCUT2D eigenvalue weighted by Gasteiger charge is 2.30. The quantitative estimate of drug-likeness (QED) is 0.707. The Morgan fingerprint density at radius 1 is 1.12 bits per heavy atom. The molecule has 3 aromatic rings. The molecule has 0 saturated carbocycles. The molecule has 0 saturated heterocycles. The topological polar surface area (TPSA) is 46.3 Å². The standard InChI is InChI=1S/C20H18N2O2/c1-14-11-12-15-7-5-6-10-18(15)22(14)20(23)17-13-24-19(21-17)16-8-3-2-4-9-16/h2-10,13-14H,11-12H2,1H3. The second kappa shape index (κ2) is 5.96. The minimum atomic E-state index is -0.111. The zero-order valence-corrected chi connectivity index (χ0v) is 13.5. The van der Waals surface area contributed by atoms with Crippen molar-refractivity contribution in [1.29, 1.82) is 0 Å². The number of carbonyl (C=O) groups is 1. The number of rotatable bonds is 2. The first-order valence-electron chi connectivity index (χ1n) is 8.16. The summed E-state index contributed by atoms with van der Waals surface area (Å²) < 4.78 is 5.53. The Morgan fingerprint density at radius 3 is 2.71 bits per heavy atom. The molecule has 2 heterocycles. The molecule has 1 amide bonds. The van der Waals surface area contributed by atoms with Gasteiger partial charge in [-0.1, -0.05) is 36.4 Å². The van der Waals surface area contributed by atoms with Gasteiger partial charge in [0.05, 0.1) is 0 Å². The third-order valence-corrected chi connectivity index (χ3v) is 4.49. The van der Waals surface area contributed by atoms with Gasteiger partial charge in [-0.25, -0.2) is 4.98 Å². The number of aryl methyl sites for hydroxylation is 1. The van der Waals surface area contributed by atoms with E-state index in [4.69, 9.17) is 4.42 Å². The van der Waals surface area contributed by atoms with Crippen LogP contribution >= 0.6 is 0 Å². The molecule has 1 atom stereocenters. The summed E-state index contributed by atoms with van der Waals surface area (Å²) in [6, 6.07) is 17.8. The molecule has 0 aliphatic carbocycles. The van der Waals surface area contributed by atoms with Gasteiger partial charge in [0.1, 0.15) is 6.26 Å². The molecule has 1 aliphatic heterocycles. The van der Waals surface area contributed by atoms with Crippen molar-refractivity contribution in [3.8, 4) is 11.5 Å². The Balaban J connectivity index is 1.68. The molecule has 1 aromatic heterocycles. The molecule has 4 heteroatoms. The van der Waals surface area contributed by atoms with Crippen molar-refractivity contribution in [3.63, 3.8) is 0 Å². The second-order valence-corrected chi connectivity index (χ2v) is 6.10. The molecule has 1 unspecified atom stereocenters. The fraction of sp³-hybridized carbons (Fsp3) is 0.200. The van der Waals surface area contributed by atoms with Crippen LogP contribution in [0.4, 0.5) is 5.69 Å². The molecule has 1 aliphatic rings. The first-order chi connectivity index (χ1) is 11.7. The van der Waals surface area contributed by atoms with Crippen LogP contribution in [0.2, 0.25) is 0 Å². The van der Waals surface area contributed by atoms with Gasteiger partial charge in [0, 0.05) is 17.3 Å². The van der Waals surface area contributed by atoms with E-state index in [1.165, 1.54) is 11.8 Å². The lowest BCUT2D eigenvalue weighted by molar-refractivity contribution is 0.0970. The summed E-state index contributed by atoms with van der Waals surface area (Å²) in [5.74, 6) is 0.359. The summed E-state index contributed by atoms with van der Waals surface area (Å²) in [4.78, 5) is 19.3. The summed E-state index contributed by atoms with van der Waals surface area (Å²) >= 11 is 0. The second-order valence-electron chi connectivity index (χ2n) is 6.10. The minimum absolute atomic E-state index is 0.111. The van der Waals surface area contributed by atoms with Gasteiger partial charge in [-0.05, 0) is 43.5 Å². The van der Waals surface area contributed by atoms with E-state index in [1.807, 2.05) is 53.4 Å². The van der Waals surface area contributed by atoms with E-state index in [9.17, 15) is 4.79 Å². The number of carbonyl (C=O) groups excluding carboxylic acids is 1. The highest BCUT2D eigenvalue weighted by atomic mass is 16.3. The van der Waals surface area contributed by atoms with Crippen molar-refractivity contribution in [2.45, 2.75) is 25.8 Å². The van der Waals surface area contributed by atoms with Crippen LogP contribution in [0.5, 0.6) is 0 Å². The molecule has 4 rings (SSSR count). The molecule has 0 bridgehead atoms. The maximum Gasteiger partial charge on any atom is 0.280 e. The molecular weight excluding hydrogens is 300 g/mol. The summed E-state index contributed by atoms with van der Waals surface area (Å²) in [7, 11) is 0. The number of nitrogens with zero attached hydrogens (tertiary/aromatic N) is 2. The van der Waals surface area contributed by atoms with Crippen molar-refractivity contribution in [3.05, 3.63) is 72.1 Å². The Bertz CT molecular complexity index is 870. The zero-order valence-electron chi connectivity index (χ0n) is 13.5. The number of hydrogen-bond donors (Lipinski definition) is 0. The van der Waals surface area contributed by atoms with Crippen molar-refractivity contribution in [2.24, 2.45) is 0 Å². The third kappa shape index (κ3) is 2.50. The van der Waals surface area contributed by atoms with Crippen LogP contribution in [0.1, 0.15) is 29.4 Å². The number of fused-ring (bicyclic) bond motifs is 1. The smallest absolute Gasteiger partial charge is 0.280 e. The highest BCUT2D eigenvalue weighted by Crippen LogP contribution is 2.32. The average molecular weight is 318 g/mol. The fourth-order valence-electron chi connectivity index (χ4n) is 3.21. The van der Waals surface area contributed by atoms with Gasteiger partial charge in [0.2, 0.25) is 5.89 Å². The van der Waals surface area contributed by atoms with E-state index in [1.54, 1.807) is 0 Å². The molecular formula is C20H18N2O2. The number of aromatic nitrogens is 1. The fourth-order valence-corrected chi connectivity index (χ4v) is 3.21. The number of para-hydroxylation sites is 1. The van der Waals surface area contributed by atoms with Crippen LogP contribution in [0.15, 0.2) is 65.3 Å². The van der Waals surface area contributed by atoms with Crippen LogP contribution in [0, 0.1) is 0 Å². The summed E-state index contributed by atoms with van der Waals surface area (Å²) in [6.45, 7) is 2.08. The van der Waals surface area contributed by atoms with Gasteiger partial charge < -0.3 is 9.32 Å². The molecule has 24 heavy (non-hydrogen) atoms. The Morgan fingerprint density at radius 2 is 1.88 bits per heavy atom. The lowest BCUT2D eigenvalue weighted by Crippen LogP contribution is -2.42. The number of amides is 1. The van der Waals surface area contributed by atoms with E-state index in [0.29, 0.717) is 11.6 Å². The number of anilines is 1. The van der Waals surface area contributed by atoms with Gasteiger partial charge in [0.15, 0.2) is 5.69 Å². The Hall–Kier alpha value is -2.88. The molecule has 0 fully saturated rings. The predicted octanol–water partition coefficient (Wildman–Crippen LogP) is 4.32. The van der Waals surface area contributed by atoms with Crippen LogP contribution in [0.3, 0.4) is 0 Å². The molecule has 4 nitrogen and oxygen atoms in total. The number of benzene rings is 2. The zero-order chi connectivity index (χ0) is 16.5. The minimum Gasteiger partial charge on any atom is -0.444 e. The van der Waals surface area contributed by atoms with Crippen LogP contribution in [-0.2, 0) is 6.42 Å². The van der Waals surface area contributed by atoms with E-state index in [-0.39, 0.29) is 11.9 Å². The Kier molecular flexibility index (Phi) is 3.65. The normalized spacial score (nSPS) is 16.7. The molecule has 0 radical (unpaired) electrons. The van der Waals surface area contributed by atoms with Gasteiger partial charge in [0.25, 0.3) is 5.91 Å². The average Bonchev–Trinajstić information content (AvgIpc) is 3.12. The lowest BCUT2D eigenvalue weighted by atomic mass is 9.96. The summed E-state index contributed by atoms with van der Waals surface area (Å²) in [6.07, 6.45) is 3.40. The maximum atomic E-state index is 13.0. The van der Waals surface area contributed by atoms with E-state index in [2.05, 4.69) is 18.0 Å². The van der Waals surface area contributed by atoms with Crippen molar-refractivity contribution < 1.29 is 9.21 Å². The summed E-state index contributed by atoms with van der Waals surface area (Å²) in [5, 5.41) is 0. The largest absolute Gasteiger partial charge is 0.444 e. The number of hydrogen-bond acceptors (Lipinski definition) is 3. The lowest BCUT2D eigenvalue weighted by Gasteiger charge is -2.34.